The third kappa shape index (κ3) is 3.38. The van der Waals surface area contributed by atoms with E-state index in [1.54, 1.807) is 43.5 Å². The summed E-state index contributed by atoms with van der Waals surface area (Å²) in [5.74, 6) is -0.569. The number of ether oxygens (including phenoxy) is 1. The molecule has 1 saturated heterocycles. The lowest BCUT2D eigenvalue weighted by atomic mass is 10.1. The number of hydrogen-bond donors (Lipinski definition) is 1. The third-order valence-corrected chi connectivity index (χ3v) is 5.29. The maximum Gasteiger partial charge on any atom is 0.263 e. The standard InChI is InChI=1S/C21H21N5O4/c1-12-4-7-15(10-13(12)2)26-20(28)18-19(21(26)29)25(24-23-18)11-17(27)22-14-5-8-16(30-3)9-6-14/h4-10,18-19H,11H2,1-3H3,(H,22,27)/t18-,19-/m1/s1. The number of carbonyl (C=O) groups is 3. The second-order valence-electron chi connectivity index (χ2n) is 7.25. The molecule has 0 saturated carbocycles. The molecule has 154 valence electrons. The Balaban J connectivity index is 1.47. The van der Waals surface area contributed by atoms with Gasteiger partial charge in [-0.2, -0.15) is 5.11 Å². The highest BCUT2D eigenvalue weighted by atomic mass is 16.5. The van der Waals surface area contributed by atoms with Crippen molar-refractivity contribution < 1.29 is 19.1 Å². The van der Waals surface area contributed by atoms with Crippen molar-refractivity contribution in [1.29, 1.82) is 0 Å². The molecule has 2 aromatic rings. The number of imide groups is 1. The van der Waals surface area contributed by atoms with Crippen LogP contribution in [0.15, 0.2) is 52.8 Å². The van der Waals surface area contributed by atoms with Crippen molar-refractivity contribution in [3.05, 3.63) is 53.6 Å². The molecule has 4 rings (SSSR count). The number of hydrogen-bond acceptors (Lipinski definition) is 7. The van der Waals surface area contributed by atoms with Gasteiger partial charge in [-0.1, -0.05) is 11.3 Å². The van der Waals surface area contributed by atoms with E-state index in [0.29, 0.717) is 17.1 Å². The molecule has 2 heterocycles. The number of benzene rings is 2. The summed E-state index contributed by atoms with van der Waals surface area (Å²) in [6, 6.07) is 10.4. The van der Waals surface area contributed by atoms with Gasteiger partial charge < -0.3 is 10.1 Å². The molecule has 2 aliphatic heterocycles. The molecule has 0 aromatic heterocycles. The lowest BCUT2D eigenvalue weighted by Gasteiger charge is -2.20. The second kappa shape index (κ2) is 7.58. The van der Waals surface area contributed by atoms with Crippen molar-refractivity contribution in [1.82, 2.24) is 5.01 Å². The molecular weight excluding hydrogens is 386 g/mol. The highest BCUT2D eigenvalue weighted by Gasteiger charge is 2.55. The number of nitrogens with one attached hydrogen (secondary N) is 1. The summed E-state index contributed by atoms with van der Waals surface area (Å²) in [4.78, 5) is 39.4. The van der Waals surface area contributed by atoms with Crippen LogP contribution < -0.4 is 15.0 Å². The van der Waals surface area contributed by atoms with Gasteiger partial charge in [-0.3, -0.25) is 19.4 Å². The molecule has 0 bridgehead atoms. The number of fused-ring (bicyclic) bond motifs is 1. The topological polar surface area (TPSA) is 104 Å². The minimum atomic E-state index is -0.937. The van der Waals surface area contributed by atoms with Crippen molar-refractivity contribution in [2.24, 2.45) is 10.3 Å². The van der Waals surface area contributed by atoms with E-state index in [1.807, 2.05) is 19.9 Å². The van der Waals surface area contributed by atoms with E-state index in [0.717, 1.165) is 16.0 Å². The Morgan fingerprint density at radius 3 is 2.47 bits per heavy atom. The number of amides is 3. The van der Waals surface area contributed by atoms with Crippen LogP contribution in [0.25, 0.3) is 0 Å². The van der Waals surface area contributed by atoms with Crippen molar-refractivity contribution >= 4 is 29.1 Å². The lowest BCUT2D eigenvalue weighted by molar-refractivity contribution is -0.123. The number of anilines is 2. The predicted molar refractivity (Wildman–Crippen MR) is 109 cm³/mol. The van der Waals surface area contributed by atoms with E-state index >= 15 is 0 Å². The summed E-state index contributed by atoms with van der Waals surface area (Å²) in [6.07, 6.45) is 0. The zero-order chi connectivity index (χ0) is 21.4. The average Bonchev–Trinajstić information content (AvgIpc) is 3.24. The summed E-state index contributed by atoms with van der Waals surface area (Å²) in [5, 5.41) is 11.9. The van der Waals surface area contributed by atoms with Gasteiger partial charge in [0.25, 0.3) is 11.8 Å². The molecule has 1 fully saturated rings. The molecule has 9 heteroatoms. The maximum atomic E-state index is 13.0. The first kappa shape index (κ1) is 19.6. The smallest absolute Gasteiger partial charge is 0.263 e. The largest absolute Gasteiger partial charge is 0.497 e. The van der Waals surface area contributed by atoms with E-state index in [-0.39, 0.29) is 12.5 Å². The maximum absolute atomic E-state index is 13.0. The number of methoxy groups -OCH3 is 1. The summed E-state index contributed by atoms with van der Waals surface area (Å²) in [5.41, 5.74) is 3.12. The Morgan fingerprint density at radius 2 is 1.80 bits per heavy atom. The van der Waals surface area contributed by atoms with Crippen LogP contribution in [0, 0.1) is 13.8 Å². The molecule has 0 radical (unpaired) electrons. The van der Waals surface area contributed by atoms with Crippen LogP contribution in [0.2, 0.25) is 0 Å². The van der Waals surface area contributed by atoms with Gasteiger partial charge in [-0.15, -0.1) is 0 Å². The predicted octanol–water partition coefficient (Wildman–Crippen LogP) is 2.24. The van der Waals surface area contributed by atoms with E-state index in [2.05, 4.69) is 15.7 Å². The number of aryl methyl sites for hydroxylation is 2. The highest BCUT2D eigenvalue weighted by molar-refractivity contribution is 6.25. The zero-order valence-corrected chi connectivity index (χ0v) is 16.8. The fourth-order valence-electron chi connectivity index (χ4n) is 3.49. The van der Waals surface area contributed by atoms with Crippen LogP contribution in [-0.2, 0) is 14.4 Å². The van der Waals surface area contributed by atoms with Gasteiger partial charge in [0.1, 0.15) is 12.3 Å². The van der Waals surface area contributed by atoms with Crippen molar-refractivity contribution in [3.63, 3.8) is 0 Å². The summed E-state index contributed by atoms with van der Waals surface area (Å²) >= 11 is 0. The van der Waals surface area contributed by atoms with Gasteiger partial charge in [-0.25, -0.2) is 4.90 Å². The van der Waals surface area contributed by atoms with Gasteiger partial charge in [-0.05, 0) is 61.4 Å². The van der Waals surface area contributed by atoms with Gasteiger partial charge >= 0.3 is 0 Å². The molecule has 2 atom stereocenters. The minimum Gasteiger partial charge on any atom is -0.497 e. The Bertz CT molecular complexity index is 1050. The first-order chi connectivity index (χ1) is 14.4. The summed E-state index contributed by atoms with van der Waals surface area (Å²) in [6.45, 7) is 3.68. The van der Waals surface area contributed by atoms with Crippen LogP contribution in [0.3, 0.4) is 0 Å². The van der Waals surface area contributed by atoms with Crippen LogP contribution in [0.5, 0.6) is 5.75 Å². The molecule has 9 nitrogen and oxygen atoms in total. The van der Waals surface area contributed by atoms with E-state index in [9.17, 15) is 14.4 Å². The van der Waals surface area contributed by atoms with E-state index in [1.165, 1.54) is 5.01 Å². The molecule has 1 N–H and O–H groups in total. The number of rotatable bonds is 5. The van der Waals surface area contributed by atoms with E-state index in [4.69, 9.17) is 4.74 Å². The zero-order valence-electron chi connectivity index (χ0n) is 16.8. The highest BCUT2D eigenvalue weighted by Crippen LogP contribution is 2.32. The van der Waals surface area contributed by atoms with Crippen LogP contribution in [0.4, 0.5) is 11.4 Å². The molecule has 0 spiro atoms. The van der Waals surface area contributed by atoms with Gasteiger partial charge in [0.15, 0.2) is 12.1 Å². The fourth-order valence-corrected chi connectivity index (χ4v) is 3.49. The Hall–Kier alpha value is -3.75. The van der Waals surface area contributed by atoms with Crippen molar-refractivity contribution in [2.75, 3.05) is 23.9 Å². The monoisotopic (exact) mass is 407 g/mol. The quantitative estimate of drug-likeness (QED) is 0.766. The molecule has 2 aromatic carbocycles. The normalized spacial score (nSPS) is 20.0. The number of carbonyl (C=O) groups excluding carboxylic acids is 3. The van der Waals surface area contributed by atoms with Crippen LogP contribution in [0.1, 0.15) is 11.1 Å². The average molecular weight is 407 g/mol. The van der Waals surface area contributed by atoms with Crippen LogP contribution >= 0.6 is 0 Å². The van der Waals surface area contributed by atoms with E-state index < -0.39 is 23.9 Å². The lowest BCUT2D eigenvalue weighted by Crippen LogP contribution is -2.43. The van der Waals surface area contributed by atoms with Crippen LogP contribution in [-0.4, -0.2) is 48.5 Å². The van der Waals surface area contributed by atoms with Crippen molar-refractivity contribution in [3.8, 4) is 5.75 Å². The Morgan fingerprint density at radius 1 is 1.07 bits per heavy atom. The molecule has 2 aliphatic rings. The van der Waals surface area contributed by atoms with Gasteiger partial charge in [0, 0.05) is 5.69 Å². The van der Waals surface area contributed by atoms with Gasteiger partial charge in [0.2, 0.25) is 5.91 Å². The Labute approximate surface area is 173 Å². The molecular formula is C21H21N5O4. The molecule has 0 aliphatic carbocycles. The first-order valence-electron chi connectivity index (χ1n) is 9.45. The van der Waals surface area contributed by atoms with Gasteiger partial charge in [0.05, 0.1) is 12.8 Å². The summed E-state index contributed by atoms with van der Waals surface area (Å²) in [7, 11) is 1.56. The third-order valence-electron chi connectivity index (χ3n) is 5.29. The molecule has 0 unspecified atom stereocenters. The molecule has 3 amide bonds. The fraction of sp³-hybridized carbons (Fsp3) is 0.286. The SMILES string of the molecule is COc1ccc(NC(=O)CN2N=N[C@H]3C(=O)N(c4ccc(C)c(C)c4)C(=O)[C@@H]32)cc1. The molecule has 30 heavy (non-hydrogen) atoms. The second-order valence-corrected chi connectivity index (χ2v) is 7.25. The number of nitrogens with zero attached hydrogens (tertiary/aromatic N) is 4. The summed E-state index contributed by atoms with van der Waals surface area (Å²) < 4.78 is 5.09. The first-order valence-corrected chi connectivity index (χ1v) is 9.45. The minimum absolute atomic E-state index is 0.198. The van der Waals surface area contributed by atoms with Crippen molar-refractivity contribution in [2.45, 2.75) is 25.9 Å². The Kier molecular flexibility index (Phi) is 4.94.